The molecule has 0 aliphatic carbocycles. The van der Waals surface area contributed by atoms with Gasteiger partial charge in [0.05, 0.1) is 33.7 Å². The summed E-state index contributed by atoms with van der Waals surface area (Å²) in [5.41, 5.74) is -1.93. The molecular formula is C18H9ClF6N6. The Balaban J connectivity index is 1.69. The lowest BCUT2D eigenvalue weighted by Gasteiger charge is -2.12. The van der Waals surface area contributed by atoms with Crippen molar-refractivity contribution in [2.24, 2.45) is 0 Å². The van der Waals surface area contributed by atoms with Gasteiger partial charge < -0.3 is 5.32 Å². The second-order valence-electron chi connectivity index (χ2n) is 6.25. The van der Waals surface area contributed by atoms with Crippen molar-refractivity contribution < 1.29 is 26.3 Å². The van der Waals surface area contributed by atoms with E-state index in [9.17, 15) is 26.3 Å². The summed E-state index contributed by atoms with van der Waals surface area (Å²) in [5.74, 6) is 0.000254. The zero-order chi connectivity index (χ0) is 22.4. The molecule has 4 rings (SSSR count). The predicted molar refractivity (Wildman–Crippen MR) is 98.8 cm³/mol. The van der Waals surface area contributed by atoms with Crippen LogP contribution in [0.3, 0.4) is 0 Å². The van der Waals surface area contributed by atoms with Gasteiger partial charge in [0.25, 0.3) is 0 Å². The smallest absolute Gasteiger partial charge is 0.321 e. The van der Waals surface area contributed by atoms with E-state index in [-0.39, 0.29) is 33.6 Å². The van der Waals surface area contributed by atoms with E-state index in [0.717, 1.165) is 35.0 Å². The molecule has 0 spiro atoms. The molecule has 3 heterocycles. The molecule has 31 heavy (non-hydrogen) atoms. The van der Waals surface area contributed by atoms with Crippen LogP contribution >= 0.6 is 11.6 Å². The minimum atomic E-state index is -4.62. The van der Waals surface area contributed by atoms with Gasteiger partial charge in [0.2, 0.25) is 5.95 Å². The summed E-state index contributed by atoms with van der Waals surface area (Å²) in [7, 11) is 0. The zero-order valence-corrected chi connectivity index (χ0v) is 15.8. The van der Waals surface area contributed by atoms with Gasteiger partial charge in [-0.3, -0.25) is 4.98 Å². The highest BCUT2D eigenvalue weighted by Crippen LogP contribution is 2.36. The number of anilines is 2. The molecule has 0 amide bonds. The average molecular weight is 459 g/mol. The first-order valence-electron chi connectivity index (χ1n) is 8.42. The Kier molecular flexibility index (Phi) is 4.96. The second-order valence-corrected chi connectivity index (χ2v) is 6.66. The molecule has 0 fully saturated rings. The van der Waals surface area contributed by atoms with Crippen molar-refractivity contribution in [1.82, 2.24) is 24.8 Å². The Labute approximate surface area is 174 Å². The molecular weight excluding hydrogens is 450 g/mol. The van der Waals surface area contributed by atoms with Crippen LogP contribution in [0.25, 0.3) is 16.9 Å². The number of nitrogens with zero attached hydrogens (tertiary/aromatic N) is 5. The third kappa shape index (κ3) is 4.10. The molecule has 3 aromatic heterocycles. The predicted octanol–water partition coefficient (Wildman–Crippen LogP) is 5.62. The number of nitrogens with one attached hydrogen (secondary N) is 1. The average Bonchev–Trinajstić information content (AvgIpc) is 3.10. The Morgan fingerprint density at radius 3 is 2.39 bits per heavy atom. The van der Waals surface area contributed by atoms with Crippen LogP contribution in [0.2, 0.25) is 5.02 Å². The minimum Gasteiger partial charge on any atom is -0.321 e. The molecule has 1 N–H and O–H groups in total. The second kappa shape index (κ2) is 7.38. The van der Waals surface area contributed by atoms with Crippen LogP contribution < -0.4 is 5.32 Å². The fourth-order valence-electron chi connectivity index (χ4n) is 2.78. The van der Waals surface area contributed by atoms with Crippen molar-refractivity contribution in [3.63, 3.8) is 0 Å². The van der Waals surface area contributed by atoms with Crippen LogP contribution in [0, 0.1) is 0 Å². The number of benzene rings is 1. The first-order valence-corrected chi connectivity index (χ1v) is 8.79. The standard InChI is InChI=1S/C18H9ClF6N6/c19-12-7-10(17(20,21)22)3-4-13(12)28-16-30-29-14-6-9(8-27-31(14)16)15-11(18(23,24)25)2-1-5-26-15/h1-8H,(H,28,30). The fraction of sp³-hybridized carbons (Fsp3) is 0.111. The number of hydrogen-bond donors (Lipinski definition) is 1. The lowest BCUT2D eigenvalue weighted by Crippen LogP contribution is -2.08. The Bertz CT molecular complexity index is 1270. The molecule has 1 aromatic carbocycles. The van der Waals surface area contributed by atoms with Crippen LogP contribution in [-0.2, 0) is 12.4 Å². The Morgan fingerprint density at radius 2 is 1.71 bits per heavy atom. The molecule has 0 aliphatic heterocycles. The minimum absolute atomic E-state index is 0.000254. The largest absolute Gasteiger partial charge is 0.418 e. The van der Waals surface area contributed by atoms with Gasteiger partial charge in [0, 0.05) is 11.8 Å². The van der Waals surface area contributed by atoms with Crippen LogP contribution in [0.5, 0.6) is 0 Å². The van der Waals surface area contributed by atoms with E-state index < -0.39 is 23.5 Å². The quantitative estimate of drug-likeness (QED) is 0.404. The van der Waals surface area contributed by atoms with E-state index in [4.69, 9.17) is 11.6 Å². The van der Waals surface area contributed by atoms with Crippen molar-refractivity contribution in [3.05, 3.63) is 64.9 Å². The normalized spacial score (nSPS) is 12.4. The lowest BCUT2D eigenvalue weighted by molar-refractivity contribution is -0.138. The van der Waals surface area contributed by atoms with Gasteiger partial charge in [-0.05, 0) is 36.4 Å². The summed E-state index contributed by atoms with van der Waals surface area (Å²) < 4.78 is 79.2. The molecule has 13 heteroatoms. The maximum Gasteiger partial charge on any atom is 0.418 e. The number of pyridine rings is 1. The summed E-state index contributed by atoms with van der Waals surface area (Å²) in [6.45, 7) is 0. The zero-order valence-electron chi connectivity index (χ0n) is 15.0. The van der Waals surface area contributed by atoms with Crippen molar-refractivity contribution >= 4 is 28.9 Å². The van der Waals surface area contributed by atoms with Gasteiger partial charge in [-0.15, -0.1) is 10.2 Å². The van der Waals surface area contributed by atoms with Crippen molar-refractivity contribution in [2.45, 2.75) is 12.4 Å². The van der Waals surface area contributed by atoms with E-state index in [1.807, 2.05) is 0 Å². The molecule has 4 aromatic rings. The highest BCUT2D eigenvalue weighted by Gasteiger charge is 2.34. The Hall–Kier alpha value is -3.41. The third-order valence-corrected chi connectivity index (χ3v) is 4.50. The number of rotatable bonds is 3. The van der Waals surface area contributed by atoms with E-state index in [2.05, 4.69) is 25.6 Å². The van der Waals surface area contributed by atoms with E-state index >= 15 is 0 Å². The van der Waals surface area contributed by atoms with Crippen LogP contribution in [0.15, 0.2) is 48.8 Å². The molecule has 0 atom stereocenters. The third-order valence-electron chi connectivity index (χ3n) is 4.19. The summed E-state index contributed by atoms with van der Waals surface area (Å²) in [6.07, 6.45) is -6.80. The number of halogens is 7. The maximum absolute atomic E-state index is 13.2. The molecule has 0 bridgehead atoms. The fourth-order valence-corrected chi connectivity index (χ4v) is 3.00. The topological polar surface area (TPSA) is 68.0 Å². The molecule has 0 aliphatic rings. The Morgan fingerprint density at radius 1 is 0.935 bits per heavy atom. The summed E-state index contributed by atoms with van der Waals surface area (Å²) in [6, 6.07) is 6.07. The number of alkyl halides is 6. The highest BCUT2D eigenvalue weighted by molar-refractivity contribution is 6.33. The summed E-state index contributed by atoms with van der Waals surface area (Å²) in [5, 5.41) is 14.2. The van der Waals surface area contributed by atoms with Gasteiger partial charge in [-0.25, -0.2) is 0 Å². The van der Waals surface area contributed by atoms with E-state index in [0.29, 0.717) is 0 Å². The van der Waals surface area contributed by atoms with Gasteiger partial charge >= 0.3 is 12.4 Å². The van der Waals surface area contributed by atoms with Crippen LogP contribution in [0.4, 0.5) is 38.0 Å². The molecule has 0 radical (unpaired) electrons. The van der Waals surface area contributed by atoms with Gasteiger partial charge in [-0.1, -0.05) is 11.6 Å². The van der Waals surface area contributed by atoms with Gasteiger partial charge in [0.15, 0.2) is 5.65 Å². The van der Waals surface area contributed by atoms with Gasteiger partial charge in [-0.2, -0.15) is 36.0 Å². The molecule has 6 nitrogen and oxygen atoms in total. The first-order chi connectivity index (χ1) is 14.5. The van der Waals surface area contributed by atoms with E-state index in [1.165, 1.54) is 18.3 Å². The summed E-state index contributed by atoms with van der Waals surface area (Å²) in [4.78, 5) is 3.79. The number of aromatic nitrogens is 5. The molecule has 0 saturated carbocycles. The maximum atomic E-state index is 13.2. The molecule has 160 valence electrons. The number of fused-ring (bicyclic) bond motifs is 1. The lowest BCUT2D eigenvalue weighted by atomic mass is 10.1. The van der Waals surface area contributed by atoms with Crippen molar-refractivity contribution in [1.29, 1.82) is 0 Å². The molecule has 0 unspecified atom stereocenters. The SMILES string of the molecule is FC(F)(F)c1ccc(Nc2nnc3cc(-c4ncccc4C(F)(F)F)cnn23)c(Cl)c1. The summed E-state index contributed by atoms with van der Waals surface area (Å²) >= 11 is 5.91. The van der Waals surface area contributed by atoms with Crippen molar-refractivity contribution in [3.8, 4) is 11.3 Å². The highest BCUT2D eigenvalue weighted by atomic mass is 35.5. The van der Waals surface area contributed by atoms with E-state index in [1.54, 1.807) is 0 Å². The number of hydrogen-bond acceptors (Lipinski definition) is 5. The molecule has 0 saturated heterocycles. The van der Waals surface area contributed by atoms with Crippen LogP contribution in [-0.4, -0.2) is 24.8 Å². The van der Waals surface area contributed by atoms with Crippen molar-refractivity contribution in [2.75, 3.05) is 5.32 Å². The first kappa shape index (κ1) is 20.8. The van der Waals surface area contributed by atoms with Crippen LogP contribution in [0.1, 0.15) is 11.1 Å². The van der Waals surface area contributed by atoms with Gasteiger partial charge in [0.1, 0.15) is 0 Å². The monoisotopic (exact) mass is 458 g/mol.